The fourth-order valence-electron chi connectivity index (χ4n) is 0.971. The van der Waals surface area contributed by atoms with Crippen molar-refractivity contribution in [1.29, 1.82) is 5.26 Å². The minimum Gasteiger partial charge on any atom is -0.331 e. The standard InChI is InChI=1S/C10H9FN4OS/c11-7-2-1-3-8(6-7)13-10(17)15-14-9(16)4-5-12/h1-3,6H,4H2,(H,14,16)(H2,13,15,17). The highest BCUT2D eigenvalue weighted by molar-refractivity contribution is 7.80. The van der Waals surface area contributed by atoms with Crippen LogP contribution >= 0.6 is 12.2 Å². The number of nitriles is 1. The molecule has 1 rings (SSSR count). The van der Waals surface area contributed by atoms with E-state index in [2.05, 4.69) is 16.2 Å². The second-order valence-corrected chi connectivity index (χ2v) is 3.38. The van der Waals surface area contributed by atoms with E-state index < -0.39 is 11.7 Å². The van der Waals surface area contributed by atoms with Crippen molar-refractivity contribution in [3.05, 3.63) is 30.1 Å². The lowest BCUT2D eigenvalue weighted by Crippen LogP contribution is -2.43. The largest absolute Gasteiger partial charge is 0.331 e. The van der Waals surface area contributed by atoms with E-state index in [1.165, 1.54) is 18.2 Å². The molecule has 1 aromatic carbocycles. The van der Waals surface area contributed by atoms with Crippen LogP contribution in [0.25, 0.3) is 0 Å². The Hall–Kier alpha value is -2.20. The van der Waals surface area contributed by atoms with E-state index in [0.717, 1.165) is 0 Å². The SMILES string of the molecule is N#CCC(=O)NNC(=S)Nc1cccc(F)c1. The molecular formula is C10H9FN4OS. The van der Waals surface area contributed by atoms with Crippen LogP contribution in [0.15, 0.2) is 24.3 Å². The number of hydrogen-bond acceptors (Lipinski definition) is 3. The molecule has 0 spiro atoms. The van der Waals surface area contributed by atoms with Gasteiger partial charge in [0.05, 0.1) is 6.07 Å². The van der Waals surface area contributed by atoms with E-state index in [-0.39, 0.29) is 11.5 Å². The minimum atomic E-state index is -0.504. The van der Waals surface area contributed by atoms with Gasteiger partial charge in [0.2, 0.25) is 0 Å². The van der Waals surface area contributed by atoms with Gasteiger partial charge in [-0.3, -0.25) is 15.6 Å². The first-order valence-corrected chi connectivity index (χ1v) is 5.01. The van der Waals surface area contributed by atoms with E-state index in [0.29, 0.717) is 5.69 Å². The molecule has 0 aromatic heterocycles. The van der Waals surface area contributed by atoms with Crippen molar-refractivity contribution in [2.75, 3.05) is 5.32 Å². The first kappa shape index (κ1) is 12.9. The number of nitrogens with zero attached hydrogens (tertiary/aromatic N) is 1. The second-order valence-electron chi connectivity index (χ2n) is 2.97. The maximum absolute atomic E-state index is 12.8. The van der Waals surface area contributed by atoms with E-state index in [1.54, 1.807) is 12.1 Å². The number of hydrazine groups is 1. The van der Waals surface area contributed by atoms with E-state index >= 15 is 0 Å². The lowest BCUT2D eigenvalue weighted by molar-refractivity contribution is -0.120. The lowest BCUT2D eigenvalue weighted by Gasteiger charge is -2.10. The number of thiocarbonyl (C=S) groups is 1. The number of anilines is 1. The van der Waals surface area contributed by atoms with Gasteiger partial charge in [-0.1, -0.05) is 6.07 Å². The van der Waals surface area contributed by atoms with Crippen molar-refractivity contribution in [3.63, 3.8) is 0 Å². The van der Waals surface area contributed by atoms with Crippen LogP contribution in [0, 0.1) is 17.1 Å². The lowest BCUT2D eigenvalue weighted by atomic mass is 10.3. The Labute approximate surface area is 103 Å². The van der Waals surface area contributed by atoms with Crippen molar-refractivity contribution < 1.29 is 9.18 Å². The summed E-state index contributed by atoms with van der Waals surface area (Å²) in [5, 5.41) is 11.0. The summed E-state index contributed by atoms with van der Waals surface area (Å²) in [6.07, 6.45) is -0.268. The molecule has 0 saturated heterocycles. The summed E-state index contributed by atoms with van der Waals surface area (Å²) in [4.78, 5) is 10.9. The van der Waals surface area contributed by atoms with Crippen LogP contribution in [-0.4, -0.2) is 11.0 Å². The summed E-state index contributed by atoms with van der Waals surface area (Å²) in [7, 11) is 0. The number of halogens is 1. The maximum atomic E-state index is 12.8. The molecule has 0 bridgehead atoms. The monoisotopic (exact) mass is 252 g/mol. The molecule has 7 heteroatoms. The minimum absolute atomic E-state index is 0.0990. The number of nitrogens with one attached hydrogen (secondary N) is 3. The maximum Gasteiger partial charge on any atom is 0.252 e. The highest BCUT2D eigenvalue weighted by Crippen LogP contribution is 2.08. The average Bonchev–Trinajstić information content (AvgIpc) is 2.27. The fraction of sp³-hybridized carbons (Fsp3) is 0.100. The second kappa shape index (κ2) is 6.40. The van der Waals surface area contributed by atoms with Crippen LogP contribution in [-0.2, 0) is 4.79 Å². The van der Waals surface area contributed by atoms with Gasteiger partial charge in [0.15, 0.2) is 5.11 Å². The molecule has 0 aliphatic heterocycles. The molecule has 17 heavy (non-hydrogen) atoms. The van der Waals surface area contributed by atoms with Crippen LogP contribution in [0.4, 0.5) is 10.1 Å². The molecule has 1 amide bonds. The van der Waals surface area contributed by atoms with Gasteiger partial charge in [0.1, 0.15) is 12.2 Å². The molecule has 1 aromatic rings. The van der Waals surface area contributed by atoms with E-state index in [9.17, 15) is 9.18 Å². The first-order valence-electron chi connectivity index (χ1n) is 4.60. The van der Waals surface area contributed by atoms with Crippen LogP contribution in [0.1, 0.15) is 6.42 Å². The van der Waals surface area contributed by atoms with Gasteiger partial charge in [-0.15, -0.1) is 0 Å². The van der Waals surface area contributed by atoms with Gasteiger partial charge in [0, 0.05) is 5.69 Å². The Morgan fingerprint density at radius 3 is 2.88 bits per heavy atom. The first-order chi connectivity index (χ1) is 8.11. The van der Waals surface area contributed by atoms with Crippen molar-refractivity contribution in [2.24, 2.45) is 0 Å². The van der Waals surface area contributed by atoms with Crippen LogP contribution in [0.5, 0.6) is 0 Å². The summed E-state index contributed by atoms with van der Waals surface area (Å²) in [6.45, 7) is 0. The molecule has 88 valence electrons. The summed E-state index contributed by atoms with van der Waals surface area (Å²) in [6, 6.07) is 7.38. The Morgan fingerprint density at radius 1 is 1.47 bits per heavy atom. The predicted molar refractivity (Wildman–Crippen MR) is 64.1 cm³/mol. The van der Waals surface area contributed by atoms with Gasteiger partial charge in [0.25, 0.3) is 5.91 Å². The molecular weight excluding hydrogens is 243 g/mol. The third-order valence-electron chi connectivity index (χ3n) is 1.64. The smallest absolute Gasteiger partial charge is 0.252 e. The molecule has 5 nitrogen and oxygen atoms in total. The zero-order valence-electron chi connectivity index (χ0n) is 8.66. The number of carbonyl (C=O) groups is 1. The molecule has 0 aliphatic carbocycles. The van der Waals surface area contributed by atoms with Gasteiger partial charge < -0.3 is 5.32 Å². The van der Waals surface area contributed by atoms with Crippen LogP contribution in [0.2, 0.25) is 0 Å². The number of benzene rings is 1. The molecule has 3 N–H and O–H groups in total. The third-order valence-corrected chi connectivity index (χ3v) is 1.84. The van der Waals surface area contributed by atoms with Gasteiger partial charge in [-0.2, -0.15) is 5.26 Å². The van der Waals surface area contributed by atoms with E-state index in [4.69, 9.17) is 17.5 Å². The van der Waals surface area contributed by atoms with Crippen LogP contribution in [0.3, 0.4) is 0 Å². The summed E-state index contributed by atoms with van der Waals surface area (Å²) in [5.74, 6) is -0.901. The zero-order chi connectivity index (χ0) is 12.7. The third kappa shape index (κ3) is 4.90. The molecule has 0 aliphatic rings. The highest BCUT2D eigenvalue weighted by atomic mass is 32.1. The fourth-order valence-corrected chi connectivity index (χ4v) is 1.14. The van der Waals surface area contributed by atoms with Crippen molar-refractivity contribution >= 4 is 28.9 Å². The topological polar surface area (TPSA) is 77.0 Å². The summed E-state index contributed by atoms with van der Waals surface area (Å²) < 4.78 is 12.8. The Balaban J connectivity index is 2.40. The quantitative estimate of drug-likeness (QED) is 0.542. The summed E-state index contributed by atoms with van der Waals surface area (Å²) >= 11 is 4.84. The van der Waals surface area contributed by atoms with Crippen LogP contribution < -0.4 is 16.2 Å². The Morgan fingerprint density at radius 2 is 2.24 bits per heavy atom. The number of hydrogen-bond donors (Lipinski definition) is 3. The normalized spacial score (nSPS) is 8.94. The summed E-state index contributed by atoms with van der Waals surface area (Å²) in [5.41, 5.74) is 5.05. The average molecular weight is 252 g/mol. The molecule has 0 radical (unpaired) electrons. The predicted octanol–water partition coefficient (Wildman–Crippen LogP) is 1.06. The van der Waals surface area contributed by atoms with Gasteiger partial charge in [-0.25, -0.2) is 4.39 Å². The molecule has 0 atom stereocenters. The van der Waals surface area contributed by atoms with Crippen molar-refractivity contribution in [3.8, 4) is 6.07 Å². The molecule has 0 heterocycles. The zero-order valence-corrected chi connectivity index (χ0v) is 9.47. The Bertz CT molecular complexity index is 472. The van der Waals surface area contributed by atoms with Crippen molar-refractivity contribution in [2.45, 2.75) is 6.42 Å². The number of rotatable bonds is 2. The number of amides is 1. The highest BCUT2D eigenvalue weighted by Gasteiger charge is 2.01. The van der Waals surface area contributed by atoms with Gasteiger partial charge in [-0.05, 0) is 30.4 Å². The Kier molecular flexibility index (Phi) is 4.84. The molecule has 0 unspecified atom stereocenters. The molecule has 0 fully saturated rings. The van der Waals surface area contributed by atoms with Gasteiger partial charge >= 0.3 is 0 Å². The molecule has 0 saturated carbocycles. The number of carbonyl (C=O) groups excluding carboxylic acids is 1. The van der Waals surface area contributed by atoms with E-state index in [1.807, 2.05) is 0 Å². The van der Waals surface area contributed by atoms with Crippen molar-refractivity contribution in [1.82, 2.24) is 10.9 Å².